The number of hydrogen-bond donors (Lipinski definition) is 2. The lowest BCUT2D eigenvalue weighted by molar-refractivity contribution is -0.226. The van der Waals surface area contributed by atoms with Crippen molar-refractivity contribution < 1.29 is 24.5 Å². The number of unbranched alkanes of at least 4 members (excludes halogenated alkanes) is 2. The summed E-state index contributed by atoms with van der Waals surface area (Å²) >= 11 is 0. The highest BCUT2D eigenvalue weighted by molar-refractivity contribution is 5.83. The number of ether oxygens (including phenoxy) is 1. The Bertz CT molecular complexity index is 596. The quantitative estimate of drug-likeness (QED) is 0.222. The lowest BCUT2D eigenvalue weighted by atomic mass is 9.88. The van der Waals surface area contributed by atoms with Crippen molar-refractivity contribution in [3.8, 4) is 0 Å². The van der Waals surface area contributed by atoms with Gasteiger partial charge in [-0.2, -0.15) is 0 Å². The molecule has 0 saturated heterocycles. The first-order valence-corrected chi connectivity index (χ1v) is 11.9. The maximum atomic E-state index is 12.3. The fourth-order valence-corrected chi connectivity index (χ4v) is 4.68. The zero-order valence-electron chi connectivity index (χ0n) is 18.6. The second-order valence-corrected chi connectivity index (χ2v) is 8.97. The van der Waals surface area contributed by atoms with E-state index in [1.807, 2.05) is 6.92 Å². The highest BCUT2D eigenvalue weighted by Crippen LogP contribution is 2.34. The van der Waals surface area contributed by atoms with E-state index in [1.54, 1.807) is 0 Å². The number of ketones is 1. The number of Topliss-reactive ketones (excluding diaryl/α,β-unsaturated/α-hetero) is 1. The Balaban J connectivity index is 1.68. The van der Waals surface area contributed by atoms with Crippen LogP contribution in [0.1, 0.15) is 90.4 Å². The molecule has 0 aromatic rings. The third kappa shape index (κ3) is 7.99. The van der Waals surface area contributed by atoms with Crippen molar-refractivity contribution in [3.05, 3.63) is 24.3 Å². The van der Waals surface area contributed by atoms with Gasteiger partial charge < -0.3 is 14.9 Å². The Kier molecular flexibility index (Phi) is 10.8. The first-order valence-electron chi connectivity index (χ1n) is 11.9. The summed E-state index contributed by atoms with van der Waals surface area (Å²) in [5.41, 5.74) is 0. The molecule has 5 heteroatoms. The van der Waals surface area contributed by atoms with Crippen molar-refractivity contribution in [2.75, 3.05) is 6.61 Å². The van der Waals surface area contributed by atoms with Crippen LogP contribution in [-0.4, -0.2) is 34.4 Å². The lowest BCUT2D eigenvalue weighted by Crippen LogP contribution is -2.41. The average molecular weight is 421 g/mol. The smallest absolute Gasteiger partial charge is 0.364 e. The normalized spacial score (nSPS) is 26.3. The van der Waals surface area contributed by atoms with Gasteiger partial charge in [0.05, 0.1) is 6.61 Å². The number of carboxylic acid groups (broad SMARTS) is 1. The molecule has 5 nitrogen and oxygen atoms in total. The molecule has 0 heterocycles. The summed E-state index contributed by atoms with van der Waals surface area (Å²) in [4.78, 5) is 23.6. The van der Waals surface area contributed by atoms with Crippen LogP contribution in [0, 0.1) is 17.8 Å². The van der Waals surface area contributed by atoms with Crippen molar-refractivity contribution >= 4 is 11.8 Å². The molecule has 0 amide bonds. The Hall–Kier alpha value is -1.46. The van der Waals surface area contributed by atoms with Crippen LogP contribution in [0.15, 0.2) is 24.3 Å². The van der Waals surface area contributed by atoms with Crippen LogP contribution in [0.2, 0.25) is 0 Å². The Morgan fingerprint density at radius 2 is 2.07 bits per heavy atom. The van der Waals surface area contributed by atoms with E-state index in [2.05, 4.69) is 24.3 Å². The zero-order valence-corrected chi connectivity index (χ0v) is 18.6. The molecule has 1 fully saturated rings. The van der Waals surface area contributed by atoms with E-state index >= 15 is 0 Å². The molecule has 1 saturated carbocycles. The average Bonchev–Trinajstić information content (AvgIpc) is 3.09. The summed E-state index contributed by atoms with van der Waals surface area (Å²) in [6, 6.07) is 0. The van der Waals surface area contributed by atoms with Gasteiger partial charge in [-0.05, 0) is 69.6 Å². The minimum Gasteiger partial charge on any atom is -0.477 e. The fourth-order valence-electron chi connectivity index (χ4n) is 4.68. The van der Waals surface area contributed by atoms with E-state index in [4.69, 9.17) is 4.74 Å². The Morgan fingerprint density at radius 3 is 2.77 bits per heavy atom. The van der Waals surface area contributed by atoms with Crippen molar-refractivity contribution in [2.24, 2.45) is 17.8 Å². The maximum Gasteiger partial charge on any atom is 0.364 e. The van der Waals surface area contributed by atoms with Gasteiger partial charge in [-0.3, -0.25) is 4.79 Å². The molecule has 2 rings (SSSR count). The van der Waals surface area contributed by atoms with Crippen LogP contribution in [0.25, 0.3) is 0 Å². The number of carbonyl (C=O) groups is 2. The summed E-state index contributed by atoms with van der Waals surface area (Å²) in [6.07, 6.45) is 20.7. The Labute approximate surface area is 181 Å². The largest absolute Gasteiger partial charge is 0.477 e. The minimum absolute atomic E-state index is 0.0840. The molecule has 0 aliphatic heterocycles. The molecule has 0 aromatic carbocycles. The number of allylic oxidation sites excluding steroid dienone is 4. The van der Waals surface area contributed by atoms with Gasteiger partial charge in [0.15, 0.2) is 0 Å². The molecule has 2 aliphatic carbocycles. The van der Waals surface area contributed by atoms with E-state index < -0.39 is 11.8 Å². The molecule has 0 aromatic heterocycles. The van der Waals surface area contributed by atoms with Gasteiger partial charge in [0.1, 0.15) is 5.78 Å². The zero-order chi connectivity index (χ0) is 21.8. The molecule has 4 atom stereocenters. The molecule has 0 spiro atoms. The van der Waals surface area contributed by atoms with Gasteiger partial charge in [0.25, 0.3) is 5.79 Å². The highest BCUT2D eigenvalue weighted by atomic mass is 16.6. The molecule has 0 radical (unpaired) electrons. The maximum absolute atomic E-state index is 12.3. The van der Waals surface area contributed by atoms with Gasteiger partial charge in [-0.15, -0.1) is 0 Å². The van der Waals surface area contributed by atoms with Crippen LogP contribution in [0.5, 0.6) is 0 Å². The van der Waals surface area contributed by atoms with Crippen molar-refractivity contribution in [1.82, 2.24) is 0 Å². The third-order valence-electron chi connectivity index (χ3n) is 6.57. The SMILES string of the molecule is CCCOC(O)(CCCCC[C@H]1C(=O)CC[C@@H]1C=CCCC1CC=CCC1)C(=O)O. The first kappa shape index (κ1) is 24.8. The molecule has 170 valence electrons. The van der Waals surface area contributed by atoms with Crippen LogP contribution >= 0.6 is 0 Å². The molecule has 2 unspecified atom stereocenters. The van der Waals surface area contributed by atoms with Gasteiger partial charge in [0, 0.05) is 18.8 Å². The van der Waals surface area contributed by atoms with E-state index in [-0.39, 0.29) is 18.9 Å². The molecule has 2 aliphatic rings. The molecule has 0 bridgehead atoms. The standard InChI is InChI=1S/C25H40O5/c1-2-19-30-25(29,24(27)28)18-10-4-7-15-22-21(16-17-23(22)26)14-9-8-13-20-11-5-3-6-12-20/h3,5,9,14,20-22,29H,2,4,6-8,10-13,15-19H2,1H3,(H,27,28)/t20?,21-,22+,25?/m0/s1. The fraction of sp³-hybridized carbons (Fsp3) is 0.760. The number of aliphatic hydroxyl groups is 1. The summed E-state index contributed by atoms with van der Waals surface area (Å²) in [5.74, 6) is -1.77. The predicted octanol–water partition coefficient (Wildman–Crippen LogP) is 5.42. The molecular formula is C25H40O5. The minimum atomic E-state index is -2.08. The molecular weight excluding hydrogens is 380 g/mol. The van der Waals surface area contributed by atoms with E-state index in [1.165, 1.54) is 25.7 Å². The highest BCUT2D eigenvalue weighted by Gasteiger charge is 2.36. The summed E-state index contributed by atoms with van der Waals surface area (Å²) in [6.45, 7) is 2.10. The summed E-state index contributed by atoms with van der Waals surface area (Å²) in [5, 5.41) is 19.4. The van der Waals surface area contributed by atoms with Crippen LogP contribution < -0.4 is 0 Å². The second kappa shape index (κ2) is 13.1. The number of aliphatic carboxylic acids is 1. The number of hydrogen-bond acceptors (Lipinski definition) is 4. The van der Waals surface area contributed by atoms with Crippen LogP contribution in [0.3, 0.4) is 0 Å². The van der Waals surface area contributed by atoms with Gasteiger partial charge in [0.2, 0.25) is 0 Å². The van der Waals surface area contributed by atoms with Gasteiger partial charge in [-0.25, -0.2) is 4.79 Å². The third-order valence-corrected chi connectivity index (χ3v) is 6.57. The monoisotopic (exact) mass is 420 g/mol. The van der Waals surface area contributed by atoms with Crippen molar-refractivity contribution in [3.63, 3.8) is 0 Å². The number of rotatable bonds is 14. The van der Waals surface area contributed by atoms with Crippen LogP contribution in [-0.2, 0) is 14.3 Å². The van der Waals surface area contributed by atoms with E-state index in [0.717, 1.165) is 38.0 Å². The van der Waals surface area contributed by atoms with Crippen molar-refractivity contribution in [2.45, 2.75) is 96.2 Å². The number of carboxylic acids is 1. The summed E-state index contributed by atoms with van der Waals surface area (Å²) in [7, 11) is 0. The second-order valence-electron chi connectivity index (χ2n) is 8.97. The predicted molar refractivity (Wildman–Crippen MR) is 118 cm³/mol. The first-order chi connectivity index (χ1) is 14.5. The van der Waals surface area contributed by atoms with E-state index in [9.17, 15) is 19.8 Å². The topological polar surface area (TPSA) is 83.8 Å². The lowest BCUT2D eigenvalue weighted by Gasteiger charge is -2.23. The van der Waals surface area contributed by atoms with Crippen LogP contribution in [0.4, 0.5) is 0 Å². The van der Waals surface area contributed by atoms with E-state index in [0.29, 0.717) is 31.0 Å². The Morgan fingerprint density at radius 1 is 1.23 bits per heavy atom. The van der Waals surface area contributed by atoms with Gasteiger partial charge in [-0.1, -0.05) is 44.1 Å². The number of carbonyl (C=O) groups excluding carboxylic acids is 1. The van der Waals surface area contributed by atoms with Crippen molar-refractivity contribution in [1.29, 1.82) is 0 Å². The van der Waals surface area contributed by atoms with Gasteiger partial charge >= 0.3 is 5.97 Å². The molecule has 2 N–H and O–H groups in total. The molecule has 30 heavy (non-hydrogen) atoms. The summed E-state index contributed by atoms with van der Waals surface area (Å²) < 4.78 is 5.14.